The van der Waals surface area contributed by atoms with Crippen molar-refractivity contribution in [2.75, 3.05) is 24.5 Å². The minimum absolute atomic E-state index is 0.120. The SMILES string of the molecule is CC(=CS(=O)(=O)NC1CCN(c2ccc(-n3ccnc3CN3CCC3)cc2F)C1=O)c1ccc(Cl)s1.O=CO. The highest BCUT2D eigenvalue weighted by atomic mass is 35.5. The molecular formula is C25H27ClFN5O5S2. The first-order valence-corrected chi connectivity index (χ1v) is 14.8. The van der Waals surface area contributed by atoms with Crippen LogP contribution >= 0.6 is 22.9 Å². The number of carboxylic acid groups (broad SMARTS) is 1. The Morgan fingerprint density at radius 3 is 2.64 bits per heavy atom. The second-order valence-electron chi connectivity index (χ2n) is 8.98. The van der Waals surface area contributed by atoms with E-state index < -0.39 is 27.8 Å². The summed E-state index contributed by atoms with van der Waals surface area (Å²) < 4.78 is 45.3. The lowest BCUT2D eigenvalue weighted by molar-refractivity contribution is -0.123. The van der Waals surface area contributed by atoms with Gasteiger partial charge in [-0.15, -0.1) is 11.3 Å². The molecule has 2 aliphatic rings. The Hall–Kier alpha value is -3.10. The van der Waals surface area contributed by atoms with E-state index in [9.17, 15) is 13.2 Å². The third kappa shape index (κ3) is 6.92. The van der Waals surface area contributed by atoms with Gasteiger partial charge < -0.3 is 14.6 Å². The summed E-state index contributed by atoms with van der Waals surface area (Å²) in [6.45, 7) is 4.36. The molecule has 0 radical (unpaired) electrons. The van der Waals surface area contributed by atoms with E-state index in [0.29, 0.717) is 22.1 Å². The predicted molar refractivity (Wildman–Crippen MR) is 148 cm³/mol. The van der Waals surface area contributed by atoms with E-state index in [2.05, 4.69) is 14.6 Å². The predicted octanol–water partition coefficient (Wildman–Crippen LogP) is 3.72. The molecule has 3 aromatic rings. The Morgan fingerprint density at radius 1 is 1.28 bits per heavy atom. The number of thiophene rings is 1. The van der Waals surface area contributed by atoms with Crippen LogP contribution in [0.2, 0.25) is 4.34 Å². The van der Waals surface area contributed by atoms with E-state index in [0.717, 1.165) is 29.2 Å². The van der Waals surface area contributed by atoms with Crippen molar-refractivity contribution < 1.29 is 27.5 Å². The number of benzene rings is 1. The molecule has 1 amide bonds. The molecular weight excluding hydrogens is 569 g/mol. The fourth-order valence-electron chi connectivity index (χ4n) is 4.37. The molecule has 0 aliphatic carbocycles. The number of allylic oxidation sites excluding steroid dienone is 1. The molecule has 39 heavy (non-hydrogen) atoms. The summed E-state index contributed by atoms with van der Waals surface area (Å²) in [5.74, 6) is -0.225. The number of imidazole rings is 1. The van der Waals surface area contributed by atoms with E-state index in [1.54, 1.807) is 43.6 Å². The number of carbonyl (C=O) groups excluding carboxylic acids is 1. The average Bonchev–Trinajstić information content (AvgIpc) is 3.58. The summed E-state index contributed by atoms with van der Waals surface area (Å²) in [6.07, 6.45) is 4.88. The van der Waals surface area contributed by atoms with Crippen LogP contribution in [-0.2, 0) is 26.2 Å². The summed E-state index contributed by atoms with van der Waals surface area (Å²) in [7, 11) is -3.90. The largest absolute Gasteiger partial charge is 0.483 e. The highest BCUT2D eigenvalue weighted by Gasteiger charge is 2.36. The number of carbonyl (C=O) groups is 2. The van der Waals surface area contributed by atoms with Gasteiger partial charge in [0.2, 0.25) is 15.9 Å². The van der Waals surface area contributed by atoms with Gasteiger partial charge in [0.05, 0.1) is 22.0 Å². The number of nitrogens with one attached hydrogen (secondary N) is 1. The second kappa shape index (κ2) is 12.4. The summed E-state index contributed by atoms with van der Waals surface area (Å²) in [6, 6.07) is 7.12. The molecule has 5 rings (SSSR count). The number of sulfonamides is 1. The fourth-order valence-corrected chi connectivity index (χ4v) is 6.73. The third-order valence-corrected chi connectivity index (χ3v) is 8.98. The van der Waals surface area contributed by atoms with Crippen LogP contribution in [0.25, 0.3) is 11.3 Å². The van der Waals surface area contributed by atoms with Gasteiger partial charge in [-0.05, 0) is 62.7 Å². The zero-order valence-electron chi connectivity index (χ0n) is 21.0. The maximum atomic E-state index is 15.2. The first-order chi connectivity index (χ1) is 18.6. The van der Waals surface area contributed by atoms with Gasteiger partial charge in [0.15, 0.2) is 0 Å². The standard InChI is InChI=1S/C24H25ClFN5O3S2.CH2O2/c1-16(21-5-6-22(25)35-21)15-36(33,34)28-19-7-11-31(24(19)32)20-4-3-17(13-18(20)26)30-12-8-27-23(30)14-29-9-2-10-29;2-1-3/h3-6,8,12-13,15,19,28H,2,7,9-11,14H2,1H3;1H,(H,2,3). The van der Waals surface area contributed by atoms with Crippen LogP contribution in [-0.4, -0.2) is 66.0 Å². The molecule has 4 heterocycles. The molecule has 0 spiro atoms. The quantitative estimate of drug-likeness (QED) is 0.380. The maximum Gasteiger partial charge on any atom is 0.290 e. The zero-order valence-corrected chi connectivity index (χ0v) is 23.3. The summed E-state index contributed by atoms with van der Waals surface area (Å²) in [5, 5.41) is 7.98. The number of halogens is 2. The highest BCUT2D eigenvalue weighted by Crippen LogP contribution is 2.29. The van der Waals surface area contributed by atoms with Crippen molar-refractivity contribution in [1.29, 1.82) is 0 Å². The molecule has 1 unspecified atom stereocenters. The van der Waals surface area contributed by atoms with Gasteiger partial charge in [0, 0.05) is 35.6 Å². The van der Waals surface area contributed by atoms with Gasteiger partial charge in [-0.2, -0.15) is 4.72 Å². The molecule has 2 saturated heterocycles. The molecule has 1 aromatic carbocycles. The average molecular weight is 596 g/mol. The molecule has 0 saturated carbocycles. The topological polar surface area (TPSA) is 125 Å². The van der Waals surface area contributed by atoms with E-state index in [1.807, 2.05) is 4.57 Å². The molecule has 10 nitrogen and oxygen atoms in total. The van der Waals surface area contributed by atoms with E-state index in [1.165, 1.54) is 28.7 Å². The first kappa shape index (κ1) is 28.9. The van der Waals surface area contributed by atoms with Gasteiger partial charge in [0.1, 0.15) is 17.7 Å². The van der Waals surface area contributed by atoms with Crippen LogP contribution in [0, 0.1) is 5.82 Å². The molecule has 2 aliphatic heterocycles. The minimum atomic E-state index is -3.90. The smallest absolute Gasteiger partial charge is 0.290 e. The van der Waals surface area contributed by atoms with Crippen molar-refractivity contribution in [1.82, 2.24) is 19.2 Å². The molecule has 208 valence electrons. The lowest BCUT2D eigenvalue weighted by Gasteiger charge is -2.30. The van der Waals surface area contributed by atoms with E-state index >= 15 is 4.39 Å². The monoisotopic (exact) mass is 595 g/mol. The number of amides is 1. The highest BCUT2D eigenvalue weighted by molar-refractivity contribution is 7.92. The number of anilines is 1. The van der Waals surface area contributed by atoms with Crippen molar-refractivity contribution in [3.05, 3.63) is 69.0 Å². The first-order valence-electron chi connectivity index (χ1n) is 12.0. The molecule has 0 bridgehead atoms. The van der Waals surface area contributed by atoms with Crippen molar-refractivity contribution in [3.8, 4) is 5.69 Å². The Labute approximate surface area is 234 Å². The van der Waals surface area contributed by atoms with Crippen LogP contribution in [0.3, 0.4) is 0 Å². The lowest BCUT2D eigenvalue weighted by atomic mass is 10.2. The number of nitrogens with zero attached hydrogens (tertiary/aromatic N) is 4. The van der Waals surface area contributed by atoms with Crippen LogP contribution in [0.4, 0.5) is 10.1 Å². The number of hydrogen-bond acceptors (Lipinski definition) is 7. The molecule has 14 heteroatoms. The maximum absolute atomic E-state index is 15.2. The van der Waals surface area contributed by atoms with E-state index in [4.69, 9.17) is 21.5 Å². The Balaban J connectivity index is 0.00000112. The zero-order chi connectivity index (χ0) is 28.2. The number of likely N-dealkylation sites (tertiary alicyclic amines) is 1. The lowest BCUT2D eigenvalue weighted by Crippen LogP contribution is -2.41. The minimum Gasteiger partial charge on any atom is -0.483 e. The van der Waals surface area contributed by atoms with Crippen LogP contribution < -0.4 is 9.62 Å². The van der Waals surface area contributed by atoms with Gasteiger partial charge in [-0.25, -0.2) is 17.8 Å². The van der Waals surface area contributed by atoms with Gasteiger partial charge in [-0.3, -0.25) is 14.5 Å². The Bertz CT molecular complexity index is 1490. The van der Waals surface area contributed by atoms with Crippen molar-refractivity contribution in [2.45, 2.75) is 32.4 Å². The molecule has 2 fully saturated rings. The summed E-state index contributed by atoms with van der Waals surface area (Å²) in [5.41, 5.74) is 1.24. The molecule has 1 atom stereocenters. The van der Waals surface area contributed by atoms with Crippen molar-refractivity contribution in [2.24, 2.45) is 0 Å². The summed E-state index contributed by atoms with van der Waals surface area (Å²) >= 11 is 7.20. The van der Waals surface area contributed by atoms with Gasteiger partial charge in [-0.1, -0.05) is 11.6 Å². The van der Waals surface area contributed by atoms with Crippen molar-refractivity contribution >= 4 is 56.6 Å². The molecule has 2 aromatic heterocycles. The van der Waals surface area contributed by atoms with E-state index in [-0.39, 0.29) is 25.1 Å². The second-order valence-corrected chi connectivity index (χ2v) is 12.3. The third-order valence-electron chi connectivity index (χ3n) is 6.34. The number of rotatable bonds is 8. The van der Waals surface area contributed by atoms with Crippen LogP contribution in [0.15, 0.2) is 48.1 Å². The Morgan fingerprint density at radius 2 is 2.03 bits per heavy atom. The van der Waals surface area contributed by atoms with Crippen molar-refractivity contribution in [3.63, 3.8) is 0 Å². The van der Waals surface area contributed by atoms with Crippen LogP contribution in [0.1, 0.15) is 30.5 Å². The normalized spacial score (nSPS) is 18.0. The van der Waals surface area contributed by atoms with Gasteiger partial charge >= 0.3 is 0 Å². The van der Waals surface area contributed by atoms with Gasteiger partial charge in [0.25, 0.3) is 6.47 Å². The fraction of sp³-hybridized carbons (Fsp3) is 0.320. The number of aromatic nitrogens is 2. The number of hydrogen-bond donors (Lipinski definition) is 2. The summed E-state index contributed by atoms with van der Waals surface area (Å²) in [4.78, 5) is 30.0. The Kier molecular flexibility index (Phi) is 9.18. The van der Waals surface area contributed by atoms with Crippen LogP contribution in [0.5, 0.6) is 0 Å². The molecule has 2 N–H and O–H groups in total.